The molecule has 0 aliphatic heterocycles. The molecule has 0 unspecified atom stereocenters. The first kappa shape index (κ1) is 20.3. The number of carbonyl (C=O) groups is 1. The van der Waals surface area contributed by atoms with E-state index in [-0.39, 0.29) is 16.9 Å². The predicted octanol–water partition coefficient (Wildman–Crippen LogP) is 5.88. The average Bonchev–Trinajstić information content (AvgIpc) is 2.74. The van der Waals surface area contributed by atoms with Gasteiger partial charge in [-0.05, 0) is 54.1 Å². The largest absolute Gasteiger partial charge is 0.493 e. The van der Waals surface area contributed by atoms with Gasteiger partial charge in [0.1, 0.15) is 5.82 Å². The number of hydrogen-bond donors (Lipinski definition) is 0. The molecule has 0 saturated carbocycles. The average molecular weight is 452 g/mol. The minimum absolute atomic E-state index is 0.171. The van der Waals surface area contributed by atoms with Crippen LogP contribution in [0.3, 0.4) is 0 Å². The van der Waals surface area contributed by atoms with Gasteiger partial charge in [0, 0.05) is 10.0 Å². The summed E-state index contributed by atoms with van der Waals surface area (Å²) in [5.41, 5.74) is 1.38. The molecular formula is C23H15BrFNO3. The zero-order chi connectivity index (χ0) is 20.8. The second-order valence-corrected chi connectivity index (χ2v) is 6.87. The van der Waals surface area contributed by atoms with Crippen molar-refractivity contribution in [2.75, 3.05) is 7.11 Å². The number of methoxy groups -OCH3 is 1. The van der Waals surface area contributed by atoms with E-state index in [1.54, 1.807) is 60.7 Å². The second kappa shape index (κ2) is 9.18. The van der Waals surface area contributed by atoms with E-state index in [1.165, 1.54) is 19.2 Å². The van der Waals surface area contributed by atoms with Gasteiger partial charge in [0.25, 0.3) is 0 Å². The van der Waals surface area contributed by atoms with E-state index in [2.05, 4.69) is 15.9 Å². The van der Waals surface area contributed by atoms with E-state index in [4.69, 9.17) is 9.47 Å². The standard InChI is InChI=1S/C23H15BrFNO3/c1-28-22-13-15(12-17(14-26)19-4-2-3-5-20(19)25)6-11-21(22)29-23(27)16-7-9-18(24)10-8-16/h2-13H,1H3/b17-12-. The van der Waals surface area contributed by atoms with Crippen LogP contribution in [0, 0.1) is 17.1 Å². The Morgan fingerprint density at radius 1 is 1.07 bits per heavy atom. The molecule has 0 saturated heterocycles. The molecule has 0 fully saturated rings. The summed E-state index contributed by atoms with van der Waals surface area (Å²) in [5, 5.41) is 9.42. The van der Waals surface area contributed by atoms with Crippen molar-refractivity contribution in [1.29, 1.82) is 5.26 Å². The third-order valence-electron chi connectivity index (χ3n) is 4.07. The topological polar surface area (TPSA) is 59.3 Å². The Kier molecular flexibility index (Phi) is 6.43. The van der Waals surface area contributed by atoms with Gasteiger partial charge in [-0.25, -0.2) is 9.18 Å². The number of carbonyl (C=O) groups excluding carboxylic acids is 1. The molecule has 0 atom stereocenters. The molecule has 0 aromatic heterocycles. The van der Waals surface area contributed by atoms with Crippen LogP contribution in [-0.2, 0) is 0 Å². The van der Waals surface area contributed by atoms with Crippen LogP contribution < -0.4 is 9.47 Å². The van der Waals surface area contributed by atoms with Crippen LogP contribution in [0.5, 0.6) is 11.5 Å². The number of benzene rings is 3. The van der Waals surface area contributed by atoms with E-state index in [0.29, 0.717) is 16.9 Å². The summed E-state index contributed by atoms with van der Waals surface area (Å²) >= 11 is 3.31. The summed E-state index contributed by atoms with van der Waals surface area (Å²) in [6, 6.07) is 19.7. The Morgan fingerprint density at radius 3 is 2.45 bits per heavy atom. The Morgan fingerprint density at radius 2 is 1.79 bits per heavy atom. The summed E-state index contributed by atoms with van der Waals surface area (Å²) in [5.74, 6) is -0.451. The molecule has 6 heteroatoms. The van der Waals surface area contributed by atoms with Gasteiger partial charge in [0.15, 0.2) is 11.5 Å². The monoisotopic (exact) mass is 451 g/mol. The number of esters is 1. The summed E-state index contributed by atoms with van der Waals surface area (Å²) in [6.07, 6.45) is 1.54. The predicted molar refractivity (Wildman–Crippen MR) is 112 cm³/mol. The zero-order valence-corrected chi connectivity index (χ0v) is 16.9. The maximum Gasteiger partial charge on any atom is 0.343 e. The molecule has 3 aromatic carbocycles. The van der Waals surface area contributed by atoms with Crippen LogP contribution in [-0.4, -0.2) is 13.1 Å². The van der Waals surface area contributed by atoms with Crippen LogP contribution in [0.15, 0.2) is 71.2 Å². The van der Waals surface area contributed by atoms with E-state index >= 15 is 0 Å². The highest BCUT2D eigenvalue weighted by Crippen LogP contribution is 2.31. The molecule has 0 amide bonds. The fourth-order valence-corrected chi connectivity index (χ4v) is 2.88. The highest BCUT2D eigenvalue weighted by molar-refractivity contribution is 9.10. The van der Waals surface area contributed by atoms with Gasteiger partial charge in [-0.2, -0.15) is 5.26 Å². The van der Waals surface area contributed by atoms with Crippen molar-refractivity contribution in [2.45, 2.75) is 0 Å². The van der Waals surface area contributed by atoms with Crippen molar-refractivity contribution >= 4 is 33.5 Å². The molecule has 0 aliphatic rings. The van der Waals surface area contributed by atoms with E-state index in [1.807, 2.05) is 6.07 Å². The van der Waals surface area contributed by atoms with Crippen LogP contribution in [0.25, 0.3) is 11.6 Å². The van der Waals surface area contributed by atoms with Crippen molar-refractivity contribution in [2.24, 2.45) is 0 Å². The molecule has 0 bridgehead atoms. The van der Waals surface area contributed by atoms with Crippen molar-refractivity contribution in [3.8, 4) is 17.6 Å². The first-order chi connectivity index (χ1) is 14.0. The third-order valence-corrected chi connectivity index (χ3v) is 4.59. The van der Waals surface area contributed by atoms with Crippen molar-refractivity contribution in [1.82, 2.24) is 0 Å². The van der Waals surface area contributed by atoms with E-state index < -0.39 is 11.8 Å². The minimum atomic E-state index is -0.525. The number of halogens is 2. The Labute approximate surface area is 175 Å². The molecule has 3 aromatic rings. The second-order valence-electron chi connectivity index (χ2n) is 5.96. The summed E-state index contributed by atoms with van der Waals surface area (Å²) < 4.78 is 25.6. The molecule has 144 valence electrons. The molecule has 29 heavy (non-hydrogen) atoms. The molecule has 0 aliphatic carbocycles. The molecule has 0 heterocycles. The lowest BCUT2D eigenvalue weighted by molar-refractivity contribution is 0.0729. The van der Waals surface area contributed by atoms with Crippen LogP contribution in [0.4, 0.5) is 4.39 Å². The number of nitrogens with zero attached hydrogens (tertiary/aromatic N) is 1. The first-order valence-electron chi connectivity index (χ1n) is 8.54. The Balaban J connectivity index is 1.88. The first-order valence-corrected chi connectivity index (χ1v) is 9.33. The quantitative estimate of drug-likeness (QED) is 0.210. The maximum atomic E-state index is 14.0. The minimum Gasteiger partial charge on any atom is -0.493 e. The third kappa shape index (κ3) is 4.89. The number of nitriles is 1. The molecule has 0 spiro atoms. The Bertz CT molecular complexity index is 1120. The van der Waals surface area contributed by atoms with Gasteiger partial charge in [0.2, 0.25) is 0 Å². The van der Waals surface area contributed by atoms with E-state index in [9.17, 15) is 14.4 Å². The van der Waals surface area contributed by atoms with Crippen molar-refractivity contribution in [3.63, 3.8) is 0 Å². The normalized spacial score (nSPS) is 10.9. The van der Waals surface area contributed by atoms with Gasteiger partial charge in [-0.3, -0.25) is 0 Å². The molecule has 0 radical (unpaired) electrons. The molecule has 0 N–H and O–H groups in total. The highest BCUT2D eigenvalue weighted by Gasteiger charge is 2.13. The van der Waals surface area contributed by atoms with Gasteiger partial charge < -0.3 is 9.47 Å². The molecular weight excluding hydrogens is 437 g/mol. The SMILES string of the molecule is COc1cc(/C=C(/C#N)c2ccccc2F)ccc1OC(=O)c1ccc(Br)cc1. The smallest absolute Gasteiger partial charge is 0.343 e. The number of ether oxygens (including phenoxy) is 2. The lowest BCUT2D eigenvalue weighted by atomic mass is 10.0. The van der Waals surface area contributed by atoms with Gasteiger partial charge >= 0.3 is 5.97 Å². The summed E-state index contributed by atoms with van der Waals surface area (Å²) in [6.45, 7) is 0. The van der Waals surface area contributed by atoms with Crippen LogP contribution in [0.1, 0.15) is 21.5 Å². The van der Waals surface area contributed by atoms with Crippen LogP contribution >= 0.6 is 15.9 Å². The van der Waals surface area contributed by atoms with Gasteiger partial charge in [-0.15, -0.1) is 0 Å². The molecule has 3 rings (SSSR count). The lowest BCUT2D eigenvalue weighted by Gasteiger charge is -2.10. The Hall–Kier alpha value is -3.43. The zero-order valence-electron chi connectivity index (χ0n) is 15.4. The van der Waals surface area contributed by atoms with Crippen LogP contribution in [0.2, 0.25) is 0 Å². The fourth-order valence-electron chi connectivity index (χ4n) is 2.62. The summed E-state index contributed by atoms with van der Waals surface area (Å²) in [7, 11) is 1.45. The van der Waals surface area contributed by atoms with Gasteiger partial charge in [0.05, 0.1) is 24.3 Å². The highest BCUT2D eigenvalue weighted by atomic mass is 79.9. The van der Waals surface area contributed by atoms with E-state index in [0.717, 1.165) is 4.47 Å². The lowest BCUT2D eigenvalue weighted by Crippen LogP contribution is -2.09. The number of allylic oxidation sites excluding steroid dienone is 1. The van der Waals surface area contributed by atoms with Crippen molar-refractivity contribution in [3.05, 3.63) is 93.7 Å². The van der Waals surface area contributed by atoms with Crippen molar-refractivity contribution < 1.29 is 18.7 Å². The number of rotatable bonds is 5. The number of hydrogen-bond acceptors (Lipinski definition) is 4. The van der Waals surface area contributed by atoms with Gasteiger partial charge in [-0.1, -0.05) is 40.2 Å². The molecule has 4 nitrogen and oxygen atoms in total. The summed E-state index contributed by atoms with van der Waals surface area (Å²) in [4.78, 5) is 12.3. The maximum absolute atomic E-state index is 14.0. The fraction of sp³-hybridized carbons (Fsp3) is 0.0435.